The van der Waals surface area contributed by atoms with Crippen LogP contribution in [0.3, 0.4) is 0 Å². The SMILES string of the molecule is CCCN(CC)CC(C)(N)c1ccccc1. The molecule has 0 aliphatic carbocycles. The van der Waals surface area contributed by atoms with Crippen molar-refractivity contribution < 1.29 is 0 Å². The van der Waals surface area contributed by atoms with Gasteiger partial charge in [0.1, 0.15) is 0 Å². The van der Waals surface area contributed by atoms with Crippen LogP contribution in [0.2, 0.25) is 0 Å². The molecule has 2 N–H and O–H groups in total. The molecule has 0 heterocycles. The van der Waals surface area contributed by atoms with Gasteiger partial charge < -0.3 is 10.6 Å². The Morgan fingerprint density at radius 1 is 1.19 bits per heavy atom. The summed E-state index contributed by atoms with van der Waals surface area (Å²) >= 11 is 0. The summed E-state index contributed by atoms with van der Waals surface area (Å²) in [7, 11) is 0. The molecule has 2 nitrogen and oxygen atoms in total. The van der Waals surface area contributed by atoms with Gasteiger partial charge in [0, 0.05) is 6.54 Å². The second-order valence-corrected chi connectivity index (χ2v) is 4.65. The molecule has 1 atom stereocenters. The van der Waals surface area contributed by atoms with Crippen LogP contribution in [0, 0.1) is 0 Å². The van der Waals surface area contributed by atoms with E-state index in [9.17, 15) is 0 Å². The van der Waals surface area contributed by atoms with Crippen molar-refractivity contribution in [2.45, 2.75) is 32.7 Å². The van der Waals surface area contributed by atoms with Gasteiger partial charge in [-0.1, -0.05) is 44.2 Å². The highest BCUT2D eigenvalue weighted by Crippen LogP contribution is 2.18. The third-order valence-corrected chi connectivity index (χ3v) is 2.97. The summed E-state index contributed by atoms with van der Waals surface area (Å²) in [5.74, 6) is 0. The van der Waals surface area contributed by atoms with Crippen LogP contribution < -0.4 is 5.73 Å². The first-order valence-electron chi connectivity index (χ1n) is 6.17. The van der Waals surface area contributed by atoms with Gasteiger partial charge in [0.25, 0.3) is 0 Å². The molecule has 0 saturated heterocycles. The molecule has 1 rings (SSSR count). The number of nitrogens with two attached hydrogens (primary N) is 1. The zero-order chi connectivity index (χ0) is 12.0. The number of nitrogens with zero attached hydrogens (tertiary/aromatic N) is 1. The highest BCUT2D eigenvalue weighted by atomic mass is 15.1. The highest BCUT2D eigenvalue weighted by molar-refractivity contribution is 5.23. The molecule has 1 aromatic carbocycles. The Hall–Kier alpha value is -0.860. The predicted octanol–water partition coefficient (Wildman–Crippen LogP) is 2.59. The molecule has 0 saturated carbocycles. The molecule has 2 heteroatoms. The van der Waals surface area contributed by atoms with Crippen LogP contribution in [0.15, 0.2) is 30.3 Å². The van der Waals surface area contributed by atoms with Crippen LogP contribution in [-0.4, -0.2) is 24.5 Å². The fourth-order valence-electron chi connectivity index (χ4n) is 2.04. The Bertz CT molecular complexity index is 293. The molecular weight excluding hydrogens is 196 g/mol. The van der Waals surface area contributed by atoms with Gasteiger partial charge in [0.05, 0.1) is 5.54 Å². The van der Waals surface area contributed by atoms with Crippen molar-refractivity contribution in [2.24, 2.45) is 5.73 Å². The van der Waals surface area contributed by atoms with E-state index < -0.39 is 0 Å². The van der Waals surface area contributed by atoms with Gasteiger partial charge in [-0.2, -0.15) is 0 Å². The summed E-state index contributed by atoms with van der Waals surface area (Å²) < 4.78 is 0. The number of rotatable bonds is 6. The van der Waals surface area contributed by atoms with Crippen LogP contribution in [0.25, 0.3) is 0 Å². The van der Waals surface area contributed by atoms with Crippen LogP contribution >= 0.6 is 0 Å². The first kappa shape index (κ1) is 13.2. The van der Waals surface area contributed by atoms with Gasteiger partial charge in [0.2, 0.25) is 0 Å². The van der Waals surface area contributed by atoms with E-state index in [0.717, 1.165) is 19.6 Å². The second kappa shape index (κ2) is 6.02. The van der Waals surface area contributed by atoms with E-state index in [1.807, 2.05) is 6.07 Å². The maximum atomic E-state index is 6.40. The van der Waals surface area contributed by atoms with Crippen LogP contribution in [0.4, 0.5) is 0 Å². The Morgan fingerprint density at radius 2 is 1.81 bits per heavy atom. The minimum atomic E-state index is -0.257. The van der Waals surface area contributed by atoms with Crippen molar-refractivity contribution in [3.05, 3.63) is 35.9 Å². The van der Waals surface area contributed by atoms with Crippen molar-refractivity contribution in [3.63, 3.8) is 0 Å². The molecule has 16 heavy (non-hydrogen) atoms. The van der Waals surface area contributed by atoms with Gasteiger partial charge in [-0.3, -0.25) is 0 Å². The van der Waals surface area contributed by atoms with Crippen molar-refractivity contribution in [3.8, 4) is 0 Å². The molecule has 0 aromatic heterocycles. The number of hydrogen-bond acceptors (Lipinski definition) is 2. The number of hydrogen-bond donors (Lipinski definition) is 1. The quantitative estimate of drug-likeness (QED) is 0.798. The van der Waals surface area contributed by atoms with E-state index >= 15 is 0 Å². The first-order valence-corrected chi connectivity index (χ1v) is 6.17. The van der Waals surface area contributed by atoms with Crippen molar-refractivity contribution >= 4 is 0 Å². The van der Waals surface area contributed by atoms with E-state index in [-0.39, 0.29) is 5.54 Å². The van der Waals surface area contributed by atoms with Crippen LogP contribution in [0.1, 0.15) is 32.8 Å². The summed E-state index contributed by atoms with van der Waals surface area (Å²) in [6.07, 6.45) is 1.18. The Morgan fingerprint density at radius 3 is 2.31 bits per heavy atom. The maximum absolute atomic E-state index is 6.40. The van der Waals surface area contributed by atoms with Crippen molar-refractivity contribution in [1.82, 2.24) is 4.90 Å². The largest absolute Gasteiger partial charge is 0.321 e. The Balaban J connectivity index is 2.70. The standard InChI is InChI=1S/C14H24N2/c1-4-11-16(5-2)12-14(3,15)13-9-7-6-8-10-13/h6-10H,4-5,11-12,15H2,1-3H3. The molecule has 0 fully saturated rings. The van der Waals surface area contributed by atoms with E-state index in [1.54, 1.807) is 0 Å². The molecule has 0 radical (unpaired) electrons. The molecule has 0 bridgehead atoms. The third-order valence-electron chi connectivity index (χ3n) is 2.97. The van der Waals surface area contributed by atoms with E-state index in [1.165, 1.54) is 12.0 Å². The normalized spacial score (nSPS) is 15.1. The van der Waals surface area contributed by atoms with Gasteiger partial charge in [0.15, 0.2) is 0 Å². The minimum absolute atomic E-state index is 0.257. The zero-order valence-electron chi connectivity index (χ0n) is 10.7. The van der Waals surface area contributed by atoms with E-state index in [2.05, 4.69) is 49.9 Å². The highest BCUT2D eigenvalue weighted by Gasteiger charge is 2.23. The Labute approximate surface area is 99.5 Å². The summed E-state index contributed by atoms with van der Waals surface area (Å²) in [6, 6.07) is 10.4. The predicted molar refractivity (Wildman–Crippen MR) is 70.4 cm³/mol. The third kappa shape index (κ3) is 3.62. The molecular formula is C14H24N2. The van der Waals surface area contributed by atoms with Gasteiger partial charge in [-0.15, -0.1) is 0 Å². The lowest BCUT2D eigenvalue weighted by molar-refractivity contribution is 0.227. The number of likely N-dealkylation sites (N-methyl/N-ethyl adjacent to an activating group) is 1. The summed E-state index contributed by atoms with van der Waals surface area (Å²) in [4.78, 5) is 2.41. The smallest absolute Gasteiger partial charge is 0.0509 e. The summed E-state index contributed by atoms with van der Waals surface area (Å²) in [5, 5.41) is 0. The molecule has 90 valence electrons. The molecule has 0 spiro atoms. The second-order valence-electron chi connectivity index (χ2n) is 4.65. The van der Waals surface area contributed by atoms with E-state index in [4.69, 9.17) is 5.73 Å². The molecule has 0 amide bonds. The average Bonchev–Trinajstić information content (AvgIpc) is 2.29. The van der Waals surface area contributed by atoms with Crippen molar-refractivity contribution in [1.29, 1.82) is 0 Å². The molecule has 1 unspecified atom stereocenters. The molecule has 0 aliphatic heterocycles. The number of benzene rings is 1. The fourth-order valence-corrected chi connectivity index (χ4v) is 2.04. The molecule has 1 aromatic rings. The van der Waals surface area contributed by atoms with Crippen LogP contribution in [0.5, 0.6) is 0 Å². The maximum Gasteiger partial charge on any atom is 0.0509 e. The average molecular weight is 220 g/mol. The first-order chi connectivity index (χ1) is 7.60. The monoisotopic (exact) mass is 220 g/mol. The lowest BCUT2D eigenvalue weighted by atomic mass is 9.92. The van der Waals surface area contributed by atoms with Gasteiger partial charge in [-0.25, -0.2) is 0 Å². The van der Waals surface area contributed by atoms with Crippen LogP contribution in [-0.2, 0) is 5.54 Å². The fraction of sp³-hybridized carbons (Fsp3) is 0.571. The topological polar surface area (TPSA) is 29.3 Å². The Kier molecular flexibility index (Phi) is 4.97. The van der Waals surface area contributed by atoms with E-state index in [0.29, 0.717) is 0 Å². The lowest BCUT2D eigenvalue weighted by Crippen LogP contribution is -2.45. The summed E-state index contributed by atoms with van der Waals surface area (Å²) in [5.41, 5.74) is 7.36. The summed E-state index contributed by atoms with van der Waals surface area (Å²) in [6.45, 7) is 9.61. The van der Waals surface area contributed by atoms with Gasteiger partial charge in [-0.05, 0) is 32.0 Å². The minimum Gasteiger partial charge on any atom is -0.321 e. The lowest BCUT2D eigenvalue weighted by Gasteiger charge is -2.32. The van der Waals surface area contributed by atoms with Crippen molar-refractivity contribution in [2.75, 3.05) is 19.6 Å². The van der Waals surface area contributed by atoms with Gasteiger partial charge >= 0.3 is 0 Å². The molecule has 0 aliphatic rings. The zero-order valence-corrected chi connectivity index (χ0v) is 10.7.